The Kier molecular flexibility index (Phi) is 9.75. The van der Waals surface area contributed by atoms with E-state index in [0.717, 1.165) is 28.1 Å². The quantitative estimate of drug-likeness (QED) is 0.207. The van der Waals surface area contributed by atoms with Crippen LogP contribution in [0.25, 0.3) is 28.6 Å². The summed E-state index contributed by atoms with van der Waals surface area (Å²) in [5.41, 5.74) is 7.95. The molecule has 3 heteroatoms. The maximum Gasteiger partial charge on any atom is 2.00 e. The molecule has 2 aromatic heterocycles. The van der Waals surface area contributed by atoms with Crippen molar-refractivity contribution in [2.45, 2.75) is 52.4 Å². The first-order valence-corrected chi connectivity index (χ1v) is 11.6. The predicted octanol–water partition coefficient (Wildman–Crippen LogP) is 8.34. The fourth-order valence-electron chi connectivity index (χ4n) is 3.43. The van der Waals surface area contributed by atoms with Crippen molar-refractivity contribution in [2.24, 2.45) is 0 Å². The second-order valence-corrected chi connectivity index (χ2v) is 10.4. The van der Waals surface area contributed by atoms with Gasteiger partial charge in [0.1, 0.15) is 0 Å². The summed E-state index contributed by atoms with van der Waals surface area (Å²) in [5.74, 6) is 0. The van der Waals surface area contributed by atoms with Crippen molar-refractivity contribution in [3.05, 3.63) is 115 Å². The number of hydrogen-bond donors (Lipinski definition) is 0. The Balaban J connectivity index is 0.000000242. The van der Waals surface area contributed by atoms with Crippen LogP contribution in [0.15, 0.2) is 85.2 Å². The summed E-state index contributed by atoms with van der Waals surface area (Å²) >= 11 is 0. The van der Waals surface area contributed by atoms with Crippen molar-refractivity contribution in [3.8, 4) is 22.5 Å². The largest absolute Gasteiger partial charge is 2.00 e. The fourth-order valence-corrected chi connectivity index (χ4v) is 3.43. The molecule has 0 aliphatic heterocycles. The molecule has 182 valence electrons. The SMILES string of the molecule is [CH-]=Cc1cc(C(C)(C)C)cc(C(C)(C)C)c1.[Ni+2].[c-]1c(-c2ccccn2)cccc1-c1ccccn1. The molecule has 0 aliphatic carbocycles. The molecule has 2 aromatic carbocycles. The van der Waals surface area contributed by atoms with E-state index in [1.165, 1.54) is 11.1 Å². The average molecular weight is 505 g/mol. The average Bonchev–Trinajstić information content (AvgIpc) is 2.84. The van der Waals surface area contributed by atoms with Gasteiger partial charge in [0.15, 0.2) is 0 Å². The Labute approximate surface area is 221 Å². The van der Waals surface area contributed by atoms with Gasteiger partial charge in [-0.15, -0.1) is 36.4 Å². The molecule has 0 bridgehead atoms. The Morgan fingerprint density at radius 1 is 0.657 bits per heavy atom. The Morgan fingerprint density at radius 2 is 1.11 bits per heavy atom. The molecular weight excluding hydrogens is 471 g/mol. The summed E-state index contributed by atoms with van der Waals surface area (Å²) in [7, 11) is 0. The van der Waals surface area contributed by atoms with E-state index in [0.29, 0.717) is 0 Å². The van der Waals surface area contributed by atoms with Gasteiger partial charge < -0.3 is 0 Å². The number of rotatable bonds is 3. The molecule has 4 aromatic rings. The van der Waals surface area contributed by atoms with Crippen LogP contribution in [0.1, 0.15) is 58.2 Å². The Bertz CT molecular complexity index is 1130. The summed E-state index contributed by atoms with van der Waals surface area (Å²) in [6.45, 7) is 19.0. The van der Waals surface area contributed by atoms with Crippen LogP contribution in [0.2, 0.25) is 0 Å². The molecule has 4 rings (SSSR count). The zero-order valence-electron chi connectivity index (χ0n) is 21.4. The van der Waals surface area contributed by atoms with Crippen LogP contribution in [0.3, 0.4) is 0 Å². The molecule has 0 radical (unpaired) electrons. The maximum atomic E-state index is 5.65. The summed E-state index contributed by atoms with van der Waals surface area (Å²) in [6, 6.07) is 27.8. The molecule has 0 spiro atoms. The minimum atomic E-state index is 0. The van der Waals surface area contributed by atoms with E-state index in [9.17, 15) is 0 Å². The minimum absolute atomic E-state index is 0. The second kappa shape index (κ2) is 12.1. The van der Waals surface area contributed by atoms with E-state index in [2.05, 4.69) is 75.8 Å². The fraction of sp³-hybridized carbons (Fsp3) is 0.250. The summed E-state index contributed by atoms with van der Waals surface area (Å²) in [6.07, 6.45) is 5.26. The number of benzene rings is 2. The monoisotopic (exact) mass is 504 g/mol. The zero-order valence-corrected chi connectivity index (χ0v) is 22.4. The van der Waals surface area contributed by atoms with Gasteiger partial charge >= 0.3 is 16.5 Å². The van der Waals surface area contributed by atoms with Crippen LogP contribution < -0.4 is 0 Å². The van der Waals surface area contributed by atoms with E-state index in [1.54, 1.807) is 18.5 Å². The van der Waals surface area contributed by atoms with Gasteiger partial charge in [-0.1, -0.05) is 94.1 Å². The standard InChI is InChI=1S/C16H11N2.C16H23.Ni/c1-3-10-17-15(8-1)13-6-5-7-14(12-13)16-9-2-4-11-18-16;1-8-12-9-13(15(2,3)4)11-14(10-12)16(5,6)7;/h1-11H;1,8-11H,2-7H3;/q2*-1;+2. The summed E-state index contributed by atoms with van der Waals surface area (Å²) in [5, 5.41) is 0. The Morgan fingerprint density at radius 3 is 1.46 bits per heavy atom. The van der Waals surface area contributed by atoms with Gasteiger partial charge in [0.05, 0.1) is 0 Å². The smallest absolute Gasteiger partial charge is 0.295 e. The molecule has 35 heavy (non-hydrogen) atoms. The molecule has 0 aliphatic rings. The van der Waals surface area contributed by atoms with Crippen molar-refractivity contribution >= 4 is 6.08 Å². The van der Waals surface area contributed by atoms with Gasteiger partial charge in [0.2, 0.25) is 0 Å². The number of pyridine rings is 2. The van der Waals surface area contributed by atoms with Crippen LogP contribution in [-0.2, 0) is 27.3 Å². The first-order valence-electron chi connectivity index (χ1n) is 11.6. The molecule has 2 nitrogen and oxygen atoms in total. The molecule has 0 unspecified atom stereocenters. The van der Waals surface area contributed by atoms with Crippen molar-refractivity contribution in [2.75, 3.05) is 0 Å². The first kappa shape index (κ1) is 28.2. The maximum absolute atomic E-state index is 5.65. The van der Waals surface area contributed by atoms with Crippen LogP contribution >= 0.6 is 0 Å². The van der Waals surface area contributed by atoms with Crippen LogP contribution in [-0.4, -0.2) is 9.97 Å². The molecule has 0 saturated carbocycles. The van der Waals surface area contributed by atoms with Gasteiger partial charge in [0, 0.05) is 23.8 Å². The van der Waals surface area contributed by atoms with Gasteiger partial charge in [0.25, 0.3) is 0 Å². The molecule has 0 amide bonds. The Hall–Kier alpha value is -3.03. The second-order valence-electron chi connectivity index (χ2n) is 10.4. The first-order chi connectivity index (χ1) is 16.1. The van der Waals surface area contributed by atoms with Crippen molar-refractivity contribution in [1.82, 2.24) is 9.97 Å². The van der Waals surface area contributed by atoms with Crippen LogP contribution in [0.4, 0.5) is 0 Å². The van der Waals surface area contributed by atoms with E-state index < -0.39 is 0 Å². The van der Waals surface area contributed by atoms with E-state index in [-0.39, 0.29) is 27.3 Å². The van der Waals surface area contributed by atoms with Crippen LogP contribution in [0, 0.1) is 12.6 Å². The summed E-state index contributed by atoms with van der Waals surface area (Å²) < 4.78 is 0. The third-order valence-corrected chi connectivity index (χ3v) is 5.56. The number of nitrogens with zero attached hydrogens (tertiary/aromatic N) is 2. The van der Waals surface area contributed by atoms with E-state index in [1.807, 2.05) is 54.6 Å². The molecule has 0 atom stereocenters. The van der Waals surface area contributed by atoms with Crippen molar-refractivity contribution in [3.63, 3.8) is 0 Å². The molecule has 0 saturated heterocycles. The molecule has 0 N–H and O–H groups in total. The third-order valence-electron chi connectivity index (χ3n) is 5.56. The number of hydrogen-bond acceptors (Lipinski definition) is 2. The zero-order chi connectivity index (χ0) is 24.8. The van der Waals surface area contributed by atoms with E-state index in [4.69, 9.17) is 6.58 Å². The predicted molar refractivity (Wildman–Crippen MR) is 144 cm³/mol. The third kappa shape index (κ3) is 8.01. The van der Waals surface area contributed by atoms with Crippen molar-refractivity contribution < 1.29 is 16.5 Å². The minimum Gasteiger partial charge on any atom is -0.295 e. The summed E-state index contributed by atoms with van der Waals surface area (Å²) in [4.78, 5) is 8.66. The van der Waals surface area contributed by atoms with Crippen molar-refractivity contribution in [1.29, 1.82) is 0 Å². The van der Waals surface area contributed by atoms with Crippen LogP contribution in [0.5, 0.6) is 0 Å². The van der Waals surface area contributed by atoms with E-state index >= 15 is 0 Å². The van der Waals surface area contributed by atoms with Gasteiger partial charge in [-0.2, -0.15) is 5.56 Å². The number of aromatic nitrogens is 2. The van der Waals surface area contributed by atoms with Gasteiger partial charge in [-0.25, -0.2) is 6.08 Å². The van der Waals surface area contributed by atoms with Gasteiger partial charge in [-0.05, 0) is 23.0 Å². The normalized spacial score (nSPS) is 11.0. The molecular formula is C32H34N2Ni. The molecule has 2 heterocycles. The molecule has 0 fully saturated rings. The van der Waals surface area contributed by atoms with Gasteiger partial charge in [-0.3, -0.25) is 16.5 Å². The topological polar surface area (TPSA) is 25.8 Å².